The summed E-state index contributed by atoms with van der Waals surface area (Å²) in [5, 5.41) is 0. The summed E-state index contributed by atoms with van der Waals surface area (Å²) in [6, 6.07) is 0. The number of nitrogens with zero attached hydrogens (tertiary/aromatic N) is 1. The van der Waals surface area contributed by atoms with Crippen molar-refractivity contribution in [3.05, 3.63) is 12.7 Å². The first-order valence-corrected chi connectivity index (χ1v) is 6.00. The fourth-order valence-corrected chi connectivity index (χ4v) is 1.48. The van der Waals surface area contributed by atoms with Gasteiger partial charge in [-0.15, -0.1) is 6.58 Å². The van der Waals surface area contributed by atoms with Crippen LogP contribution in [0.4, 0.5) is 4.79 Å². The Hall–Kier alpha value is -0.700. The van der Waals surface area contributed by atoms with E-state index < -0.39 is 5.60 Å². The predicted octanol–water partition coefficient (Wildman–Crippen LogP) is 3.77. The van der Waals surface area contributed by atoms with Crippen molar-refractivity contribution in [2.45, 2.75) is 51.6 Å². The maximum Gasteiger partial charge on any atom is 0.411 e. The average Bonchev–Trinajstić information content (AvgIpc) is 2.11. The van der Waals surface area contributed by atoms with Crippen molar-refractivity contribution in [3.63, 3.8) is 0 Å². The number of halogens is 1. The van der Waals surface area contributed by atoms with Crippen molar-refractivity contribution in [2.75, 3.05) is 6.54 Å². The third-order valence-corrected chi connectivity index (χ3v) is 2.21. The molecule has 0 aliphatic carbocycles. The van der Waals surface area contributed by atoms with Crippen LogP contribution in [0.5, 0.6) is 0 Å². The van der Waals surface area contributed by atoms with Gasteiger partial charge in [-0.3, -0.25) is 4.90 Å². The van der Waals surface area contributed by atoms with Crippen LogP contribution in [0.3, 0.4) is 0 Å². The standard InChI is InChI=1S/C12H22ClNO2/c1-6-8-10(13)14(9-7-2)11(15)16-12(3,4)5/h6,10H,1,7-9H2,2-5H3. The highest BCUT2D eigenvalue weighted by Crippen LogP contribution is 2.16. The minimum atomic E-state index is -0.492. The number of hydrogen-bond acceptors (Lipinski definition) is 2. The summed E-state index contributed by atoms with van der Waals surface area (Å²) in [7, 11) is 0. The molecule has 0 aliphatic heterocycles. The first kappa shape index (κ1) is 15.3. The normalized spacial score (nSPS) is 13.1. The summed E-state index contributed by atoms with van der Waals surface area (Å²) in [6.45, 7) is 11.7. The molecule has 0 aliphatic rings. The van der Waals surface area contributed by atoms with E-state index in [1.807, 2.05) is 27.7 Å². The van der Waals surface area contributed by atoms with E-state index in [1.165, 1.54) is 4.90 Å². The molecule has 0 fully saturated rings. The van der Waals surface area contributed by atoms with Gasteiger partial charge >= 0.3 is 6.09 Å². The number of carbonyl (C=O) groups excluding carboxylic acids is 1. The summed E-state index contributed by atoms with van der Waals surface area (Å²) in [4.78, 5) is 13.4. The van der Waals surface area contributed by atoms with E-state index in [0.29, 0.717) is 13.0 Å². The van der Waals surface area contributed by atoms with Gasteiger partial charge < -0.3 is 4.74 Å². The molecule has 1 amide bonds. The van der Waals surface area contributed by atoms with Crippen LogP contribution in [0.2, 0.25) is 0 Å². The van der Waals surface area contributed by atoms with E-state index >= 15 is 0 Å². The summed E-state index contributed by atoms with van der Waals surface area (Å²) in [6.07, 6.45) is 2.74. The topological polar surface area (TPSA) is 29.5 Å². The number of alkyl halides is 1. The number of ether oxygens (including phenoxy) is 1. The summed E-state index contributed by atoms with van der Waals surface area (Å²) >= 11 is 6.10. The first-order valence-electron chi connectivity index (χ1n) is 5.56. The molecule has 0 heterocycles. The van der Waals surface area contributed by atoms with Crippen molar-refractivity contribution >= 4 is 17.7 Å². The van der Waals surface area contributed by atoms with E-state index in [2.05, 4.69) is 6.58 Å². The molecule has 16 heavy (non-hydrogen) atoms. The first-order chi connectivity index (χ1) is 7.31. The smallest absolute Gasteiger partial charge is 0.411 e. The van der Waals surface area contributed by atoms with Crippen LogP contribution in [0, 0.1) is 0 Å². The van der Waals surface area contributed by atoms with Crippen molar-refractivity contribution in [3.8, 4) is 0 Å². The lowest BCUT2D eigenvalue weighted by Gasteiger charge is -2.29. The second kappa shape index (κ2) is 6.79. The molecular weight excluding hydrogens is 226 g/mol. The van der Waals surface area contributed by atoms with E-state index in [1.54, 1.807) is 6.08 Å². The van der Waals surface area contributed by atoms with Crippen LogP contribution in [0.15, 0.2) is 12.7 Å². The predicted molar refractivity (Wildman–Crippen MR) is 67.7 cm³/mol. The summed E-state index contributed by atoms with van der Waals surface area (Å²) in [5.41, 5.74) is -0.874. The number of rotatable bonds is 5. The Morgan fingerprint density at radius 2 is 2.12 bits per heavy atom. The van der Waals surface area contributed by atoms with Gasteiger partial charge in [-0.2, -0.15) is 0 Å². The Labute approximate surface area is 103 Å². The zero-order valence-electron chi connectivity index (χ0n) is 10.6. The molecule has 0 aromatic rings. The van der Waals surface area contributed by atoms with Gasteiger partial charge in [-0.25, -0.2) is 4.79 Å². The highest BCUT2D eigenvalue weighted by atomic mass is 35.5. The molecule has 0 radical (unpaired) electrons. The zero-order valence-corrected chi connectivity index (χ0v) is 11.4. The Morgan fingerprint density at radius 3 is 2.50 bits per heavy atom. The lowest BCUT2D eigenvalue weighted by Crippen LogP contribution is -2.41. The molecule has 0 bridgehead atoms. The third kappa shape index (κ3) is 6.01. The molecular formula is C12H22ClNO2. The summed E-state index contributed by atoms with van der Waals surface area (Å²) < 4.78 is 5.29. The number of carbonyl (C=O) groups is 1. The second-order valence-electron chi connectivity index (χ2n) is 4.63. The molecule has 1 unspecified atom stereocenters. The fraction of sp³-hybridized carbons (Fsp3) is 0.750. The molecule has 0 spiro atoms. The Balaban J connectivity index is 4.51. The largest absolute Gasteiger partial charge is 0.444 e. The Kier molecular flexibility index (Phi) is 6.49. The van der Waals surface area contributed by atoms with E-state index in [0.717, 1.165) is 6.42 Å². The van der Waals surface area contributed by atoms with Gasteiger partial charge in [-0.05, 0) is 33.6 Å². The second-order valence-corrected chi connectivity index (χ2v) is 5.14. The third-order valence-electron chi connectivity index (χ3n) is 1.79. The maximum absolute atomic E-state index is 11.9. The fourth-order valence-electron chi connectivity index (χ4n) is 1.17. The van der Waals surface area contributed by atoms with Crippen molar-refractivity contribution in [1.82, 2.24) is 4.90 Å². The molecule has 0 rings (SSSR count). The van der Waals surface area contributed by atoms with Crippen LogP contribution in [-0.2, 0) is 4.74 Å². The van der Waals surface area contributed by atoms with Gasteiger partial charge in [-0.1, -0.05) is 24.6 Å². The molecule has 4 heteroatoms. The van der Waals surface area contributed by atoms with Crippen LogP contribution >= 0.6 is 11.6 Å². The molecule has 0 saturated heterocycles. The molecule has 0 saturated carbocycles. The van der Waals surface area contributed by atoms with E-state index in [4.69, 9.17) is 16.3 Å². The van der Waals surface area contributed by atoms with Gasteiger partial charge in [0.15, 0.2) is 0 Å². The van der Waals surface area contributed by atoms with Gasteiger partial charge in [0.25, 0.3) is 0 Å². The van der Waals surface area contributed by atoms with Crippen molar-refractivity contribution in [1.29, 1.82) is 0 Å². The summed E-state index contributed by atoms with van der Waals surface area (Å²) in [5.74, 6) is 0. The van der Waals surface area contributed by atoms with Crippen molar-refractivity contribution in [2.24, 2.45) is 0 Å². The number of hydrogen-bond donors (Lipinski definition) is 0. The Bertz CT molecular complexity index is 236. The zero-order chi connectivity index (χ0) is 12.8. The highest BCUT2D eigenvalue weighted by molar-refractivity contribution is 6.21. The molecule has 0 aromatic heterocycles. The maximum atomic E-state index is 11.9. The quantitative estimate of drug-likeness (QED) is 0.420. The SMILES string of the molecule is C=CCC(Cl)N(CCC)C(=O)OC(C)(C)C. The van der Waals surface area contributed by atoms with Gasteiger partial charge in [0, 0.05) is 6.54 Å². The lowest BCUT2D eigenvalue weighted by atomic mass is 10.2. The monoisotopic (exact) mass is 247 g/mol. The molecule has 94 valence electrons. The highest BCUT2D eigenvalue weighted by Gasteiger charge is 2.25. The van der Waals surface area contributed by atoms with Crippen LogP contribution in [-0.4, -0.2) is 28.6 Å². The Morgan fingerprint density at radius 1 is 1.56 bits per heavy atom. The van der Waals surface area contributed by atoms with Gasteiger partial charge in [0.1, 0.15) is 11.1 Å². The minimum Gasteiger partial charge on any atom is -0.444 e. The van der Waals surface area contributed by atoms with E-state index in [9.17, 15) is 4.79 Å². The van der Waals surface area contributed by atoms with Crippen molar-refractivity contribution < 1.29 is 9.53 Å². The van der Waals surface area contributed by atoms with Crippen LogP contribution in [0.1, 0.15) is 40.5 Å². The molecule has 1 atom stereocenters. The van der Waals surface area contributed by atoms with Gasteiger partial charge in [0.2, 0.25) is 0 Å². The van der Waals surface area contributed by atoms with Crippen LogP contribution < -0.4 is 0 Å². The average molecular weight is 248 g/mol. The molecule has 3 nitrogen and oxygen atoms in total. The lowest BCUT2D eigenvalue weighted by molar-refractivity contribution is 0.0225. The molecule has 0 aromatic carbocycles. The van der Waals surface area contributed by atoms with Gasteiger partial charge in [0.05, 0.1) is 0 Å². The van der Waals surface area contributed by atoms with Crippen LogP contribution in [0.25, 0.3) is 0 Å². The molecule has 0 N–H and O–H groups in total. The van der Waals surface area contributed by atoms with E-state index in [-0.39, 0.29) is 11.6 Å². The number of amides is 1. The minimum absolute atomic E-state index is 0.365.